The SMILES string of the molecule is C=C1NC(=O)C=C(c2ccccc2)N1. The summed E-state index contributed by atoms with van der Waals surface area (Å²) in [4.78, 5) is 11.2. The van der Waals surface area contributed by atoms with Crippen LogP contribution in [-0.2, 0) is 4.79 Å². The van der Waals surface area contributed by atoms with E-state index in [0.717, 1.165) is 11.3 Å². The molecule has 2 rings (SSSR count). The van der Waals surface area contributed by atoms with E-state index >= 15 is 0 Å². The third kappa shape index (κ3) is 1.66. The van der Waals surface area contributed by atoms with Crippen molar-refractivity contribution in [2.45, 2.75) is 0 Å². The molecular formula is C11H10N2O. The van der Waals surface area contributed by atoms with Crippen LogP contribution in [0.1, 0.15) is 5.56 Å². The minimum Gasteiger partial charge on any atom is -0.342 e. The van der Waals surface area contributed by atoms with Gasteiger partial charge in [0.15, 0.2) is 0 Å². The smallest absolute Gasteiger partial charge is 0.251 e. The van der Waals surface area contributed by atoms with E-state index in [2.05, 4.69) is 17.2 Å². The molecule has 1 aliphatic rings. The summed E-state index contributed by atoms with van der Waals surface area (Å²) in [5, 5.41) is 5.56. The number of amides is 1. The lowest BCUT2D eigenvalue weighted by atomic mass is 10.1. The molecule has 0 spiro atoms. The van der Waals surface area contributed by atoms with Gasteiger partial charge in [-0.05, 0) is 5.56 Å². The Kier molecular flexibility index (Phi) is 2.07. The third-order valence-corrected chi connectivity index (χ3v) is 1.92. The summed E-state index contributed by atoms with van der Waals surface area (Å²) in [6, 6.07) is 9.65. The van der Waals surface area contributed by atoms with Crippen LogP contribution in [0.5, 0.6) is 0 Å². The predicted molar refractivity (Wildman–Crippen MR) is 54.8 cm³/mol. The first kappa shape index (κ1) is 8.56. The predicted octanol–water partition coefficient (Wildman–Crippen LogP) is 1.22. The van der Waals surface area contributed by atoms with Crippen LogP contribution in [0.2, 0.25) is 0 Å². The standard InChI is InChI=1S/C11H10N2O/c1-8-12-10(7-11(14)13-8)9-5-3-2-4-6-9/h2-7,12H,1H2,(H,13,14). The quantitative estimate of drug-likeness (QED) is 0.692. The van der Waals surface area contributed by atoms with E-state index in [1.807, 2.05) is 30.3 Å². The zero-order valence-corrected chi connectivity index (χ0v) is 7.58. The Hall–Kier alpha value is -2.03. The fourth-order valence-electron chi connectivity index (χ4n) is 1.32. The van der Waals surface area contributed by atoms with E-state index in [-0.39, 0.29) is 5.91 Å². The Bertz CT molecular complexity index is 407. The number of hydrogen-bond acceptors (Lipinski definition) is 2. The van der Waals surface area contributed by atoms with Gasteiger partial charge in [-0.3, -0.25) is 4.79 Å². The fourth-order valence-corrected chi connectivity index (χ4v) is 1.32. The topological polar surface area (TPSA) is 41.1 Å². The molecular weight excluding hydrogens is 176 g/mol. The molecule has 1 amide bonds. The van der Waals surface area contributed by atoms with Gasteiger partial charge in [-0.15, -0.1) is 0 Å². The van der Waals surface area contributed by atoms with Gasteiger partial charge < -0.3 is 10.6 Å². The second-order valence-electron chi connectivity index (χ2n) is 3.02. The molecule has 2 N–H and O–H groups in total. The maximum Gasteiger partial charge on any atom is 0.251 e. The first-order valence-corrected chi connectivity index (χ1v) is 4.30. The maximum atomic E-state index is 11.2. The summed E-state index contributed by atoms with van der Waals surface area (Å²) in [7, 11) is 0. The van der Waals surface area contributed by atoms with Gasteiger partial charge in [0.1, 0.15) is 5.82 Å². The Morgan fingerprint density at radius 1 is 1.07 bits per heavy atom. The van der Waals surface area contributed by atoms with E-state index in [1.54, 1.807) is 0 Å². The third-order valence-electron chi connectivity index (χ3n) is 1.92. The van der Waals surface area contributed by atoms with Crippen molar-refractivity contribution in [1.82, 2.24) is 10.6 Å². The second-order valence-corrected chi connectivity index (χ2v) is 3.02. The van der Waals surface area contributed by atoms with Gasteiger partial charge in [0, 0.05) is 6.08 Å². The largest absolute Gasteiger partial charge is 0.342 e. The van der Waals surface area contributed by atoms with Crippen molar-refractivity contribution in [3.8, 4) is 0 Å². The molecule has 0 saturated heterocycles. The second kappa shape index (κ2) is 3.38. The molecule has 0 bridgehead atoms. The highest BCUT2D eigenvalue weighted by Crippen LogP contribution is 2.13. The van der Waals surface area contributed by atoms with Gasteiger partial charge in [0.2, 0.25) is 0 Å². The van der Waals surface area contributed by atoms with Crippen LogP contribution in [-0.4, -0.2) is 5.91 Å². The summed E-state index contributed by atoms with van der Waals surface area (Å²) in [6.07, 6.45) is 1.52. The van der Waals surface area contributed by atoms with Crippen LogP contribution in [0.15, 0.2) is 48.8 Å². The van der Waals surface area contributed by atoms with Crippen molar-refractivity contribution in [3.63, 3.8) is 0 Å². The van der Waals surface area contributed by atoms with E-state index in [1.165, 1.54) is 6.08 Å². The molecule has 1 aromatic rings. The molecule has 1 aromatic carbocycles. The lowest BCUT2D eigenvalue weighted by Gasteiger charge is -2.18. The van der Waals surface area contributed by atoms with Crippen LogP contribution in [0.3, 0.4) is 0 Å². The minimum absolute atomic E-state index is 0.146. The van der Waals surface area contributed by atoms with Crippen LogP contribution in [0.4, 0.5) is 0 Å². The van der Waals surface area contributed by atoms with E-state index in [0.29, 0.717) is 5.82 Å². The molecule has 1 aliphatic heterocycles. The van der Waals surface area contributed by atoms with Crippen molar-refractivity contribution >= 4 is 11.6 Å². The summed E-state index contributed by atoms with van der Waals surface area (Å²) >= 11 is 0. The number of hydrogen-bond donors (Lipinski definition) is 2. The zero-order valence-electron chi connectivity index (χ0n) is 7.58. The number of carbonyl (C=O) groups is 1. The van der Waals surface area contributed by atoms with Crippen molar-refractivity contribution in [2.24, 2.45) is 0 Å². The molecule has 0 aliphatic carbocycles. The normalized spacial score (nSPS) is 15.6. The molecule has 0 aromatic heterocycles. The molecule has 70 valence electrons. The van der Waals surface area contributed by atoms with E-state index < -0.39 is 0 Å². The number of carbonyl (C=O) groups excluding carboxylic acids is 1. The summed E-state index contributed by atoms with van der Waals surface area (Å²) in [6.45, 7) is 3.66. The first-order chi connectivity index (χ1) is 6.75. The lowest BCUT2D eigenvalue weighted by Crippen LogP contribution is -2.34. The van der Waals surface area contributed by atoms with E-state index in [4.69, 9.17) is 0 Å². The van der Waals surface area contributed by atoms with Gasteiger partial charge in [-0.2, -0.15) is 0 Å². The van der Waals surface area contributed by atoms with Crippen molar-refractivity contribution in [1.29, 1.82) is 0 Å². The highest BCUT2D eigenvalue weighted by Gasteiger charge is 2.11. The molecule has 3 heteroatoms. The fraction of sp³-hybridized carbons (Fsp3) is 0. The molecule has 1 heterocycles. The van der Waals surface area contributed by atoms with Crippen molar-refractivity contribution < 1.29 is 4.79 Å². The molecule has 3 nitrogen and oxygen atoms in total. The maximum absolute atomic E-state index is 11.2. The van der Waals surface area contributed by atoms with Crippen molar-refractivity contribution in [2.75, 3.05) is 0 Å². The number of rotatable bonds is 1. The van der Waals surface area contributed by atoms with Gasteiger partial charge in [-0.1, -0.05) is 36.9 Å². The van der Waals surface area contributed by atoms with Crippen LogP contribution in [0.25, 0.3) is 5.70 Å². The highest BCUT2D eigenvalue weighted by atomic mass is 16.1. The molecule has 0 atom stereocenters. The average Bonchev–Trinajstić information content (AvgIpc) is 2.18. The minimum atomic E-state index is -0.146. The first-order valence-electron chi connectivity index (χ1n) is 4.30. The van der Waals surface area contributed by atoms with Crippen LogP contribution in [0, 0.1) is 0 Å². The van der Waals surface area contributed by atoms with E-state index in [9.17, 15) is 4.79 Å². The molecule has 0 saturated carbocycles. The molecule has 0 fully saturated rings. The summed E-state index contributed by atoms with van der Waals surface area (Å²) in [5.41, 5.74) is 1.75. The van der Waals surface area contributed by atoms with Gasteiger partial charge >= 0.3 is 0 Å². The number of nitrogens with one attached hydrogen (secondary N) is 2. The van der Waals surface area contributed by atoms with Gasteiger partial charge in [0.25, 0.3) is 5.91 Å². The zero-order chi connectivity index (χ0) is 9.97. The Labute approximate surface area is 82.1 Å². The van der Waals surface area contributed by atoms with Crippen LogP contribution < -0.4 is 10.6 Å². The lowest BCUT2D eigenvalue weighted by molar-refractivity contribution is -0.116. The average molecular weight is 186 g/mol. The monoisotopic (exact) mass is 186 g/mol. The summed E-state index contributed by atoms with van der Waals surface area (Å²) in [5.74, 6) is 0.365. The Morgan fingerprint density at radius 2 is 1.79 bits per heavy atom. The Morgan fingerprint density at radius 3 is 2.43 bits per heavy atom. The highest BCUT2D eigenvalue weighted by molar-refractivity contribution is 5.98. The van der Waals surface area contributed by atoms with Gasteiger partial charge in [-0.25, -0.2) is 0 Å². The molecule has 0 radical (unpaired) electrons. The van der Waals surface area contributed by atoms with Crippen molar-refractivity contribution in [3.05, 3.63) is 54.4 Å². The number of benzene rings is 1. The molecule has 0 unspecified atom stereocenters. The van der Waals surface area contributed by atoms with Gasteiger partial charge in [0.05, 0.1) is 5.70 Å². The molecule has 14 heavy (non-hydrogen) atoms. The van der Waals surface area contributed by atoms with Crippen LogP contribution >= 0.6 is 0 Å². The Balaban J connectivity index is 2.35. The summed E-state index contributed by atoms with van der Waals surface area (Å²) < 4.78 is 0.